The third kappa shape index (κ3) is 37.7. The Morgan fingerprint density at radius 2 is 1.03 bits per heavy atom. The number of hydrogen-bond acceptors (Lipinski definition) is 26. The molecule has 0 aromatic heterocycles. The summed E-state index contributed by atoms with van der Waals surface area (Å²) >= 11 is 0. The van der Waals surface area contributed by atoms with Crippen LogP contribution in [0.4, 0.5) is 0 Å². The zero-order chi connectivity index (χ0) is 73.3. The van der Waals surface area contributed by atoms with Gasteiger partial charge in [0.2, 0.25) is 5.91 Å². The van der Waals surface area contributed by atoms with E-state index in [2.05, 4.69) is 60.7 Å². The first-order valence-corrected chi connectivity index (χ1v) is 36.6. The third-order valence-corrected chi connectivity index (χ3v) is 17.9. The molecule has 0 saturated carbocycles. The van der Waals surface area contributed by atoms with Gasteiger partial charge in [0, 0.05) is 32.3 Å². The maximum Gasteiger partial charge on any atom is 0.251 e. The van der Waals surface area contributed by atoms with Crippen LogP contribution >= 0.6 is 0 Å². The molecule has 0 spiro atoms. The van der Waals surface area contributed by atoms with Crippen molar-refractivity contribution in [3.05, 3.63) is 22.3 Å². The summed E-state index contributed by atoms with van der Waals surface area (Å²) in [7, 11) is 1.63. The smallest absolute Gasteiger partial charge is 0.251 e. The summed E-state index contributed by atoms with van der Waals surface area (Å²) < 4.78 is 90.0. The molecule has 2 amide bonds. The summed E-state index contributed by atoms with van der Waals surface area (Å²) in [5.41, 5.74) is 4.00. The predicted molar refractivity (Wildman–Crippen MR) is 372 cm³/mol. The predicted octanol–water partition coefficient (Wildman–Crippen LogP) is 3.33. The summed E-state index contributed by atoms with van der Waals surface area (Å²) in [6, 6.07) is 0. The molecule has 0 unspecified atom stereocenters. The number of methoxy groups -OCH3 is 1. The molecular formula is C72H132N2O26. The average molecular weight is 1440 g/mol. The van der Waals surface area contributed by atoms with E-state index in [1.807, 2.05) is 0 Å². The van der Waals surface area contributed by atoms with Gasteiger partial charge in [0.1, 0.15) is 66.4 Å². The van der Waals surface area contributed by atoms with E-state index in [1.54, 1.807) is 12.0 Å². The van der Waals surface area contributed by atoms with Crippen LogP contribution in [0.25, 0.3) is 0 Å². The van der Waals surface area contributed by atoms with Gasteiger partial charge in [-0.15, -0.1) is 0 Å². The van der Waals surface area contributed by atoms with Crippen molar-refractivity contribution in [1.29, 1.82) is 0 Å². The van der Waals surface area contributed by atoms with E-state index < -0.39 is 74.2 Å². The highest BCUT2D eigenvalue weighted by atomic mass is 16.7. The first kappa shape index (κ1) is 91.1. The van der Waals surface area contributed by atoms with E-state index in [9.17, 15) is 50.4 Å². The van der Waals surface area contributed by atoms with Crippen molar-refractivity contribution in [1.82, 2.24) is 10.2 Å². The highest BCUT2D eigenvalue weighted by molar-refractivity contribution is 5.81. The molecule has 0 aliphatic carbocycles. The van der Waals surface area contributed by atoms with E-state index in [-0.39, 0.29) is 57.4 Å². The third-order valence-electron chi connectivity index (χ3n) is 17.9. The molecule has 2 heterocycles. The number of carbonyl (C=O) groups is 2. The number of fused-ring (bicyclic) bond motifs is 1. The van der Waals surface area contributed by atoms with Gasteiger partial charge in [0.05, 0.1) is 165 Å². The Morgan fingerprint density at radius 3 is 1.50 bits per heavy atom. The quantitative estimate of drug-likeness (QED) is 0.0422. The number of hydrogen-bond donors (Lipinski definition) is 9. The molecular weight excluding hydrogens is 1310 g/mol. The largest absolute Gasteiger partial charge is 0.493 e. The van der Waals surface area contributed by atoms with Crippen LogP contribution in [0.1, 0.15) is 134 Å². The van der Waals surface area contributed by atoms with E-state index in [0.717, 1.165) is 71.3 Å². The first-order valence-electron chi connectivity index (χ1n) is 36.6. The van der Waals surface area contributed by atoms with Crippen LogP contribution in [0.5, 0.6) is 11.5 Å². The number of nitrogens with zero attached hydrogens (tertiary/aromatic N) is 1. The molecule has 0 bridgehead atoms. The fourth-order valence-corrected chi connectivity index (χ4v) is 11.6. The minimum Gasteiger partial charge on any atom is -0.493 e. The van der Waals surface area contributed by atoms with Gasteiger partial charge in [-0.1, -0.05) is 72.6 Å². The minimum atomic E-state index is -2.25. The Labute approximate surface area is 595 Å². The van der Waals surface area contributed by atoms with Crippen LogP contribution in [0.3, 0.4) is 0 Å². The van der Waals surface area contributed by atoms with E-state index >= 15 is 0 Å². The Balaban J connectivity index is 1.39. The van der Waals surface area contributed by atoms with Gasteiger partial charge < -0.3 is 127 Å². The number of aliphatic hydroxyl groups is 8. The Kier molecular flexibility index (Phi) is 50.4. The molecule has 1 aromatic rings. The summed E-state index contributed by atoms with van der Waals surface area (Å²) in [6.45, 7) is 25.7. The van der Waals surface area contributed by atoms with Crippen molar-refractivity contribution in [2.45, 2.75) is 200 Å². The van der Waals surface area contributed by atoms with Gasteiger partial charge in [0.15, 0.2) is 12.4 Å². The summed E-state index contributed by atoms with van der Waals surface area (Å²) in [6.07, 6.45) is -3.61. The van der Waals surface area contributed by atoms with Crippen LogP contribution in [0.2, 0.25) is 0 Å². The molecule has 3 rings (SSSR count). The Bertz CT molecular complexity index is 2230. The highest BCUT2D eigenvalue weighted by Gasteiger charge is 2.47. The van der Waals surface area contributed by atoms with Gasteiger partial charge in [0.25, 0.3) is 5.91 Å². The Morgan fingerprint density at radius 1 is 0.570 bits per heavy atom. The molecule has 2 aliphatic rings. The van der Waals surface area contributed by atoms with Crippen molar-refractivity contribution in [3.63, 3.8) is 0 Å². The lowest BCUT2D eigenvalue weighted by Crippen LogP contribution is -2.62. The highest BCUT2D eigenvalue weighted by Crippen LogP contribution is 2.45. The summed E-state index contributed by atoms with van der Waals surface area (Å²) in [5, 5.41) is 85.1. The second kappa shape index (κ2) is 55.3. The number of nitrogens with one attached hydrogen (secondary N) is 1. The molecule has 1 aromatic carbocycles. The SMILES string of the molecule is COCCOCCOCCOCCOCCOCCOCCOCCOCCOCCOCCOCC(=O)N(CCCNC(=O)[C@H](O)[C@@H](O)[C@H](O[C@@H]1O[C@H](CO)[C@H](O)[C@H](O)[C@H]1O)[C@H](O)CO)CCCOc1c(C)c(C)c2c(c1C)CC[C@@](C)(CCC[C@H](C)CCC[C@H](C)CCCC(C)C)O2. The Hall–Kier alpha value is -3.12. The number of aliphatic hydroxyl groups excluding tert-OH is 8. The number of rotatable bonds is 64. The zero-order valence-corrected chi connectivity index (χ0v) is 62.0. The van der Waals surface area contributed by atoms with E-state index in [4.69, 9.17) is 75.8 Å². The molecule has 100 heavy (non-hydrogen) atoms. The minimum absolute atomic E-state index is 0.0799. The summed E-state index contributed by atoms with van der Waals surface area (Å²) in [4.78, 5) is 28.6. The fraction of sp³-hybridized carbons (Fsp3) is 0.889. The van der Waals surface area contributed by atoms with Gasteiger partial charge in [-0.25, -0.2) is 0 Å². The first-order chi connectivity index (χ1) is 48.2. The van der Waals surface area contributed by atoms with Crippen molar-refractivity contribution in [2.24, 2.45) is 17.8 Å². The van der Waals surface area contributed by atoms with Crippen LogP contribution in [0.15, 0.2) is 0 Å². The molecule has 586 valence electrons. The molecule has 12 atom stereocenters. The maximum atomic E-state index is 13.8. The molecule has 1 saturated heterocycles. The van der Waals surface area contributed by atoms with Gasteiger partial charge in [-0.3, -0.25) is 9.59 Å². The number of benzene rings is 1. The van der Waals surface area contributed by atoms with Gasteiger partial charge in [-0.2, -0.15) is 0 Å². The van der Waals surface area contributed by atoms with Crippen molar-refractivity contribution in [3.8, 4) is 11.5 Å². The number of ether oxygens (including phenoxy) is 16. The van der Waals surface area contributed by atoms with Crippen molar-refractivity contribution >= 4 is 11.8 Å². The molecule has 9 N–H and O–H groups in total. The van der Waals surface area contributed by atoms with Gasteiger partial charge >= 0.3 is 0 Å². The van der Waals surface area contributed by atoms with E-state index in [1.165, 1.54) is 44.9 Å². The molecule has 1 fully saturated rings. The monoisotopic (exact) mass is 1440 g/mol. The van der Waals surface area contributed by atoms with Crippen molar-refractivity contribution < 1.29 is 126 Å². The van der Waals surface area contributed by atoms with Gasteiger partial charge in [-0.05, 0) is 101 Å². The molecule has 2 aliphatic heterocycles. The average Bonchev–Trinajstić information content (AvgIpc) is 0.766. The second-order valence-electron chi connectivity index (χ2n) is 26.8. The number of amides is 2. The normalized spacial score (nSPS) is 20.4. The van der Waals surface area contributed by atoms with Crippen LogP contribution in [-0.4, -0.2) is 317 Å². The standard InChI is InChI=1S/C72H132N2O26/c1-52(2)15-10-16-53(3)17-11-18-54(4)19-12-21-72(8)22-20-58-57(7)67(55(5)56(6)68(58)100-72)97-26-14-25-74(24-13-23-73-70(84)65(82)64(81)69(59(77)49-75)99-71-66(83)63(80)62(79)60(50-76)98-71)61(78)51-96-48-47-95-46-45-94-44-43-93-42-41-92-40-39-91-38-37-90-36-35-89-34-33-88-32-31-87-30-29-86-28-27-85-9/h52-54,59-60,62-66,69,71,75-77,79-83H,10-51H2,1-9H3,(H,73,84)/t53-,54-,59-,60-,62+,63+,64-,65-,66-,69-,71+,72-/m1/s1. The topological polar surface area (TPSA) is 359 Å². The zero-order valence-electron chi connectivity index (χ0n) is 62.0. The van der Waals surface area contributed by atoms with Crippen LogP contribution in [0, 0.1) is 38.5 Å². The number of carbonyl (C=O) groups excluding carboxylic acids is 2. The molecule has 28 heteroatoms. The maximum absolute atomic E-state index is 13.8. The lowest BCUT2D eigenvalue weighted by atomic mass is 9.83. The van der Waals surface area contributed by atoms with Crippen molar-refractivity contribution in [2.75, 3.05) is 199 Å². The molecule has 28 nitrogen and oxygen atoms in total. The summed E-state index contributed by atoms with van der Waals surface area (Å²) in [5.74, 6) is 2.59. The van der Waals surface area contributed by atoms with Crippen LogP contribution < -0.4 is 14.8 Å². The van der Waals surface area contributed by atoms with Crippen LogP contribution in [-0.2, 0) is 82.3 Å². The molecule has 0 radical (unpaired) electrons. The second-order valence-corrected chi connectivity index (χ2v) is 26.8. The van der Waals surface area contributed by atoms with E-state index in [0.29, 0.717) is 151 Å². The lowest BCUT2D eigenvalue weighted by molar-refractivity contribution is -0.326. The fourth-order valence-electron chi connectivity index (χ4n) is 11.6. The lowest BCUT2D eigenvalue weighted by Gasteiger charge is -2.42.